The molecule has 5 heteroatoms. The van der Waals surface area contributed by atoms with Crippen LogP contribution in [0, 0.1) is 0 Å². The summed E-state index contributed by atoms with van der Waals surface area (Å²) >= 11 is 0. The third kappa shape index (κ3) is 2.99. The van der Waals surface area contributed by atoms with E-state index in [1.807, 2.05) is 0 Å². The number of para-hydroxylation sites is 1. The Bertz CT molecular complexity index is 644. The van der Waals surface area contributed by atoms with Gasteiger partial charge in [0.25, 0.3) is 0 Å². The first-order chi connectivity index (χ1) is 10.5. The van der Waals surface area contributed by atoms with Crippen molar-refractivity contribution in [2.75, 3.05) is 18.6 Å². The van der Waals surface area contributed by atoms with Crippen LogP contribution in [0.5, 0.6) is 0 Å². The molecular formula is C17H24N4O. The van der Waals surface area contributed by atoms with Gasteiger partial charge in [0.2, 0.25) is 0 Å². The summed E-state index contributed by atoms with van der Waals surface area (Å²) in [5.41, 5.74) is 2.56. The minimum absolute atomic E-state index is 0.0381. The number of aromatic amines is 1. The van der Waals surface area contributed by atoms with E-state index in [1.54, 1.807) is 7.11 Å². The Hall–Kier alpha value is -1.88. The van der Waals surface area contributed by atoms with E-state index in [-0.39, 0.29) is 11.5 Å². The Morgan fingerprint density at radius 1 is 1.32 bits per heavy atom. The second-order valence-corrected chi connectivity index (χ2v) is 6.93. The summed E-state index contributed by atoms with van der Waals surface area (Å²) in [4.78, 5) is 6.97. The zero-order chi connectivity index (χ0) is 15.7. The van der Waals surface area contributed by atoms with Crippen molar-refractivity contribution in [2.24, 2.45) is 0 Å². The van der Waals surface area contributed by atoms with E-state index in [4.69, 9.17) is 4.74 Å². The largest absolute Gasteiger partial charge is 0.379 e. The standard InChI is InChI=1S/C17H24N4O/c1-17(2,3)16-18-15(19-20-16)11-21-10-13(22-4)9-12-7-5-6-8-14(12)21/h5-8,13H,9-11H2,1-4H3,(H,18,19,20). The van der Waals surface area contributed by atoms with Gasteiger partial charge in [0.15, 0.2) is 5.82 Å². The molecule has 1 aromatic heterocycles. The highest BCUT2D eigenvalue weighted by Gasteiger charge is 2.26. The molecule has 3 rings (SSSR count). The average Bonchev–Trinajstić information content (AvgIpc) is 2.96. The van der Waals surface area contributed by atoms with Gasteiger partial charge in [0, 0.05) is 31.2 Å². The minimum atomic E-state index is -0.0381. The molecular weight excluding hydrogens is 276 g/mol. The molecule has 0 aliphatic carbocycles. The van der Waals surface area contributed by atoms with E-state index < -0.39 is 0 Å². The lowest BCUT2D eigenvalue weighted by molar-refractivity contribution is 0.104. The molecule has 118 valence electrons. The average molecular weight is 300 g/mol. The highest BCUT2D eigenvalue weighted by Crippen LogP contribution is 2.29. The quantitative estimate of drug-likeness (QED) is 0.947. The fourth-order valence-electron chi connectivity index (χ4n) is 2.84. The third-order valence-electron chi connectivity index (χ3n) is 4.08. The van der Waals surface area contributed by atoms with Gasteiger partial charge >= 0.3 is 0 Å². The van der Waals surface area contributed by atoms with Crippen LogP contribution in [-0.2, 0) is 23.1 Å². The molecule has 1 aliphatic rings. The molecule has 0 fully saturated rings. The van der Waals surface area contributed by atoms with Gasteiger partial charge in [0.1, 0.15) is 5.82 Å². The second kappa shape index (κ2) is 5.72. The summed E-state index contributed by atoms with van der Waals surface area (Å²) in [5, 5.41) is 7.43. The molecule has 1 aromatic carbocycles. The van der Waals surface area contributed by atoms with E-state index in [0.717, 1.165) is 31.2 Å². The number of methoxy groups -OCH3 is 1. The smallest absolute Gasteiger partial charge is 0.156 e. The van der Waals surface area contributed by atoms with Gasteiger partial charge in [0.05, 0.1) is 12.6 Å². The van der Waals surface area contributed by atoms with Gasteiger partial charge in [-0.25, -0.2) is 4.98 Å². The first-order valence-electron chi connectivity index (χ1n) is 7.75. The summed E-state index contributed by atoms with van der Waals surface area (Å²) in [7, 11) is 1.78. The number of aromatic nitrogens is 3. The topological polar surface area (TPSA) is 54.0 Å². The molecule has 0 saturated carbocycles. The number of hydrogen-bond acceptors (Lipinski definition) is 4. The van der Waals surface area contributed by atoms with Gasteiger partial charge in [-0.05, 0) is 11.6 Å². The number of nitrogens with one attached hydrogen (secondary N) is 1. The van der Waals surface area contributed by atoms with Crippen molar-refractivity contribution in [1.29, 1.82) is 0 Å². The SMILES string of the molecule is COC1Cc2ccccc2N(Cc2nc(C(C)(C)C)n[nH]2)C1. The normalized spacial score (nSPS) is 18.4. The highest BCUT2D eigenvalue weighted by molar-refractivity contribution is 5.56. The number of hydrogen-bond donors (Lipinski definition) is 1. The first kappa shape index (κ1) is 15.0. The number of benzene rings is 1. The summed E-state index contributed by atoms with van der Waals surface area (Å²) in [6.07, 6.45) is 1.19. The van der Waals surface area contributed by atoms with Crippen LogP contribution in [0.3, 0.4) is 0 Å². The van der Waals surface area contributed by atoms with E-state index in [0.29, 0.717) is 0 Å². The fraction of sp³-hybridized carbons (Fsp3) is 0.529. The lowest BCUT2D eigenvalue weighted by Gasteiger charge is -2.34. The summed E-state index contributed by atoms with van der Waals surface area (Å²) < 4.78 is 5.59. The molecule has 2 aromatic rings. The summed E-state index contributed by atoms with van der Waals surface area (Å²) in [6, 6.07) is 8.51. The maximum Gasteiger partial charge on any atom is 0.156 e. The number of rotatable bonds is 3. The molecule has 0 spiro atoms. The fourth-order valence-corrected chi connectivity index (χ4v) is 2.84. The molecule has 1 aliphatic heterocycles. The maximum absolute atomic E-state index is 5.59. The Balaban J connectivity index is 1.84. The summed E-state index contributed by atoms with van der Waals surface area (Å²) in [6.45, 7) is 7.96. The number of H-pyrrole nitrogens is 1. The van der Waals surface area contributed by atoms with E-state index in [1.165, 1.54) is 11.3 Å². The van der Waals surface area contributed by atoms with Crippen molar-refractivity contribution in [2.45, 2.75) is 45.3 Å². The van der Waals surface area contributed by atoms with Crippen LogP contribution in [0.2, 0.25) is 0 Å². The van der Waals surface area contributed by atoms with E-state index >= 15 is 0 Å². The molecule has 0 radical (unpaired) electrons. The Morgan fingerprint density at radius 2 is 2.09 bits per heavy atom. The van der Waals surface area contributed by atoms with Crippen molar-refractivity contribution in [1.82, 2.24) is 15.2 Å². The number of fused-ring (bicyclic) bond motifs is 1. The van der Waals surface area contributed by atoms with Gasteiger partial charge in [-0.1, -0.05) is 39.0 Å². The Labute approximate surface area is 131 Å². The highest BCUT2D eigenvalue weighted by atomic mass is 16.5. The van der Waals surface area contributed by atoms with Gasteiger partial charge < -0.3 is 9.64 Å². The zero-order valence-corrected chi connectivity index (χ0v) is 13.8. The van der Waals surface area contributed by atoms with Crippen LogP contribution in [0.4, 0.5) is 5.69 Å². The molecule has 1 atom stereocenters. The van der Waals surface area contributed by atoms with Crippen molar-refractivity contribution >= 4 is 5.69 Å². The molecule has 1 N–H and O–H groups in total. The first-order valence-corrected chi connectivity index (χ1v) is 7.75. The molecule has 1 unspecified atom stereocenters. The van der Waals surface area contributed by atoms with Gasteiger partial charge in [-0.3, -0.25) is 5.10 Å². The van der Waals surface area contributed by atoms with Crippen LogP contribution < -0.4 is 4.90 Å². The lowest BCUT2D eigenvalue weighted by Crippen LogP contribution is -2.39. The van der Waals surface area contributed by atoms with Crippen LogP contribution in [0.25, 0.3) is 0 Å². The number of nitrogens with zero attached hydrogens (tertiary/aromatic N) is 3. The predicted octanol–water partition coefficient (Wildman–Crippen LogP) is 2.68. The van der Waals surface area contributed by atoms with Crippen molar-refractivity contribution in [3.8, 4) is 0 Å². The third-order valence-corrected chi connectivity index (χ3v) is 4.08. The molecule has 22 heavy (non-hydrogen) atoms. The van der Waals surface area contributed by atoms with Crippen molar-refractivity contribution in [3.05, 3.63) is 41.5 Å². The number of anilines is 1. The Morgan fingerprint density at radius 3 is 2.77 bits per heavy atom. The molecule has 0 amide bonds. The second-order valence-electron chi connectivity index (χ2n) is 6.93. The molecule has 0 saturated heterocycles. The van der Waals surface area contributed by atoms with Crippen LogP contribution in [-0.4, -0.2) is 34.9 Å². The number of ether oxygens (including phenoxy) is 1. The Kier molecular flexibility index (Phi) is 3.91. The van der Waals surface area contributed by atoms with Gasteiger partial charge in [-0.15, -0.1) is 0 Å². The molecule has 2 heterocycles. The minimum Gasteiger partial charge on any atom is -0.379 e. The van der Waals surface area contributed by atoms with E-state index in [9.17, 15) is 0 Å². The van der Waals surface area contributed by atoms with Crippen LogP contribution in [0.1, 0.15) is 38.0 Å². The molecule has 5 nitrogen and oxygen atoms in total. The maximum atomic E-state index is 5.59. The lowest BCUT2D eigenvalue weighted by atomic mass is 9.96. The van der Waals surface area contributed by atoms with Crippen LogP contribution in [0.15, 0.2) is 24.3 Å². The van der Waals surface area contributed by atoms with Crippen LogP contribution >= 0.6 is 0 Å². The summed E-state index contributed by atoms with van der Waals surface area (Å²) in [5.74, 6) is 1.76. The van der Waals surface area contributed by atoms with E-state index in [2.05, 4.69) is 65.1 Å². The monoisotopic (exact) mass is 300 g/mol. The zero-order valence-electron chi connectivity index (χ0n) is 13.8. The van der Waals surface area contributed by atoms with Crippen molar-refractivity contribution in [3.63, 3.8) is 0 Å². The molecule has 0 bridgehead atoms. The predicted molar refractivity (Wildman–Crippen MR) is 87.1 cm³/mol. The van der Waals surface area contributed by atoms with Crippen molar-refractivity contribution < 1.29 is 4.74 Å². The van der Waals surface area contributed by atoms with Gasteiger partial charge in [-0.2, -0.15) is 5.10 Å².